The number of thioether (sulfide) groups is 1. The molecule has 0 aliphatic rings. The van der Waals surface area contributed by atoms with Gasteiger partial charge in [0.15, 0.2) is 16.6 Å². The lowest BCUT2D eigenvalue weighted by Crippen LogP contribution is -2.03. The summed E-state index contributed by atoms with van der Waals surface area (Å²) in [5, 5.41) is 11.0. The molecule has 0 atom stereocenters. The van der Waals surface area contributed by atoms with E-state index in [1.807, 2.05) is 66.8 Å². The second-order valence-electron chi connectivity index (χ2n) is 6.24. The Morgan fingerprint density at radius 1 is 1.08 bits per heavy atom. The van der Waals surface area contributed by atoms with Gasteiger partial charge in [0.2, 0.25) is 0 Å². The van der Waals surface area contributed by atoms with Crippen molar-refractivity contribution in [2.45, 2.75) is 19.0 Å². The lowest BCUT2D eigenvalue weighted by Gasteiger charge is -2.08. The molecule has 0 N–H and O–H groups in total. The first-order valence-electron chi connectivity index (χ1n) is 8.19. The van der Waals surface area contributed by atoms with E-state index in [0.29, 0.717) is 21.5 Å². The fourth-order valence-corrected chi connectivity index (χ4v) is 3.96. The van der Waals surface area contributed by atoms with Crippen molar-refractivity contribution in [2.75, 3.05) is 5.75 Å². The Morgan fingerprint density at radius 3 is 2.62 bits per heavy atom. The van der Waals surface area contributed by atoms with Gasteiger partial charge < -0.3 is 0 Å². The van der Waals surface area contributed by atoms with Gasteiger partial charge in [-0.2, -0.15) is 0 Å². The fourth-order valence-electron chi connectivity index (χ4n) is 2.94. The molecule has 2 aromatic carbocycles. The van der Waals surface area contributed by atoms with Gasteiger partial charge in [-0.05, 0) is 43.7 Å². The Kier molecular flexibility index (Phi) is 4.42. The first-order chi connectivity index (χ1) is 12.5. The molecule has 4 rings (SSSR count). The van der Waals surface area contributed by atoms with Crippen LogP contribution in [0.1, 0.15) is 21.5 Å². The molecule has 0 radical (unpaired) electrons. The van der Waals surface area contributed by atoms with Crippen molar-refractivity contribution < 1.29 is 4.79 Å². The Balaban J connectivity index is 1.69. The Morgan fingerprint density at radius 2 is 1.85 bits per heavy atom. The van der Waals surface area contributed by atoms with Gasteiger partial charge in [-0.15, -0.1) is 10.2 Å². The van der Waals surface area contributed by atoms with E-state index >= 15 is 0 Å². The number of pyridine rings is 1. The number of halogens is 1. The number of benzene rings is 2. The predicted octanol–water partition coefficient (Wildman–Crippen LogP) is 5.13. The van der Waals surface area contributed by atoms with Crippen molar-refractivity contribution in [1.82, 2.24) is 14.6 Å². The number of aryl methyl sites for hydroxylation is 2. The average Bonchev–Trinajstić information content (AvgIpc) is 3.03. The summed E-state index contributed by atoms with van der Waals surface area (Å²) in [5.74, 6) is 0.388. The number of aromatic nitrogens is 3. The lowest BCUT2D eigenvalue weighted by molar-refractivity contribution is 0.102. The molecule has 4 nitrogen and oxygen atoms in total. The number of hydrogen-bond donors (Lipinski definition) is 0. The summed E-state index contributed by atoms with van der Waals surface area (Å²) in [7, 11) is 0. The van der Waals surface area contributed by atoms with Crippen molar-refractivity contribution >= 4 is 45.7 Å². The molecule has 2 heterocycles. The zero-order valence-electron chi connectivity index (χ0n) is 14.4. The molecule has 6 heteroatoms. The van der Waals surface area contributed by atoms with E-state index in [2.05, 4.69) is 10.2 Å². The summed E-state index contributed by atoms with van der Waals surface area (Å²) in [5.41, 5.74) is 4.69. The topological polar surface area (TPSA) is 47.3 Å². The quantitative estimate of drug-likeness (QED) is 0.363. The Labute approximate surface area is 160 Å². The van der Waals surface area contributed by atoms with Gasteiger partial charge in [-0.3, -0.25) is 9.20 Å². The lowest BCUT2D eigenvalue weighted by atomic mass is 10.1. The molecule has 0 aliphatic heterocycles. The summed E-state index contributed by atoms with van der Waals surface area (Å²) in [4.78, 5) is 12.5. The summed E-state index contributed by atoms with van der Waals surface area (Å²) >= 11 is 7.54. The summed E-state index contributed by atoms with van der Waals surface area (Å²) in [6, 6.07) is 15.4. The van der Waals surface area contributed by atoms with Crippen LogP contribution >= 0.6 is 23.4 Å². The third-order valence-electron chi connectivity index (χ3n) is 4.33. The van der Waals surface area contributed by atoms with Crippen molar-refractivity contribution in [2.24, 2.45) is 0 Å². The minimum atomic E-state index is 0.0752. The number of ketones is 1. The van der Waals surface area contributed by atoms with Gasteiger partial charge in [0.05, 0.1) is 11.3 Å². The minimum absolute atomic E-state index is 0.0752. The summed E-state index contributed by atoms with van der Waals surface area (Å²) in [6.07, 6.45) is 0. The maximum absolute atomic E-state index is 12.5. The van der Waals surface area contributed by atoms with Crippen LogP contribution in [0, 0.1) is 13.8 Å². The number of hydrogen-bond acceptors (Lipinski definition) is 4. The number of Topliss-reactive ketones (excluding diaryl/α,β-unsaturated/α-hetero) is 1. The predicted molar refractivity (Wildman–Crippen MR) is 106 cm³/mol. The first-order valence-corrected chi connectivity index (χ1v) is 9.56. The first kappa shape index (κ1) is 17.1. The van der Waals surface area contributed by atoms with Gasteiger partial charge in [-0.25, -0.2) is 0 Å². The van der Waals surface area contributed by atoms with Crippen LogP contribution in [0.25, 0.3) is 16.6 Å². The Bertz CT molecular complexity index is 1140. The number of carbonyl (C=O) groups is 1. The molecule has 0 spiro atoms. The van der Waals surface area contributed by atoms with Crippen molar-refractivity contribution in [3.8, 4) is 0 Å². The molecule has 0 saturated carbocycles. The standard InChI is InChI=1S/C20H16ClN3OS/c1-12-3-5-14(6-4-12)18(25)11-26-20-23-22-19-9-13(2)16-10-15(21)7-8-17(16)24(19)20/h3-10H,11H2,1-2H3. The molecule has 0 fully saturated rings. The van der Waals surface area contributed by atoms with Crippen LogP contribution in [0.5, 0.6) is 0 Å². The van der Waals surface area contributed by atoms with Gasteiger partial charge in [0, 0.05) is 16.0 Å². The Hall–Kier alpha value is -2.37. The third-order valence-corrected chi connectivity index (χ3v) is 5.50. The number of rotatable bonds is 4. The molecule has 0 saturated heterocycles. The van der Waals surface area contributed by atoms with E-state index in [4.69, 9.17) is 11.6 Å². The largest absolute Gasteiger partial charge is 0.293 e. The highest BCUT2D eigenvalue weighted by Gasteiger charge is 2.14. The van der Waals surface area contributed by atoms with Crippen LogP contribution in [-0.4, -0.2) is 26.1 Å². The number of fused-ring (bicyclic) bond motifs is 3. The van der Waals surface area contributed by atoms with Crippen LogP contribution in [-0.2, 0) is 0 Å². The number of carbonyl (C=O) groups excluding carboxylic acids is 1. The molecule has 0 aliphatic carbocycles. The third kappa shape index (κ3) is 3.08. The average molecular weight is 382 g/mol. The van der Waals surface area contributed by atoms with E-state index in [1.165, 1.54) is 11.8 Å². The second kappa shape index (κ2) is 6.74. The zero-order valence-corrected chi connectivity index (χ0v) is 15.9. The summed E-state index contributed by atoms with van der Waals surface area (Å²) < 4.78 is 1.98. The molecule has 0 amide bonds. The van der Waals surface area contributed by atoms with E-state index in [9.17, 15) is 4.79 Å². The molecular weight excluding hydrogens is 366 g/mol. The maximum atomic E-state index is 12.5. The van der Waals surface area contributed by atoms with E-state index in [0.717, 1.165) is 27.7 Å². The molecule has 2 aromatic heterocycles. The SMILES string of the molecule is Cc1ccc(C(=O)CSc2nnc3cc(C)c4cc(Cl)ccc4n23)cc1. The highest BCUT2D eigenvalue weighted by molar-refractivity contribution is 7.99. The summed E-state index contributed by atoms with van der Waals surface area (Å²) in [6.45, 7) is 4.03. The molecule has 4 aromatic rings. The van der Waals surface area contributed by atoms with Gasteiger partial charge in [-0.1, -0.05) is 53.2 Å². The van der Waals surface area contributed by atoms with E-state index in [1.54, 1.807) is 0 Å². The maximum Gasteiger partial charge on any atom is 0.196 e. The van der Waals surface area contributed by atoms with Gasteiger partial charge in [0.25, 0.3) is 0 Å². The van der Waals surface area contributed by atoms with Crippen molar-refractivity contribution in [1.29, 1.82) is 0 Å². The van der Waals surface area contributed by atoms with Crippen molar-refractivity contribution in [3.63, 3.8) is 0 Å². The van der Waals surface area contributed by atoms with Crippen LogP contribution in [0.2, 0.25) is 5.02 Å². The zero-order chi connectivity index (χ0) is 18.3. The molecular formula is C20H16ClN3OS. The van der Waals surface area contributed by atoms with Crippen LogP contribution in [0.4, 0.5) is 0 Å². The van der Waals surface area contributed by atoms with Gasteiger partial charge in [0.1, 0.15) is 0 Å². The normalized spacial score (nSPS) is 11.3. The second-order valence-corrected chi connectivity index (χ2v) is 7.62. The highest BCUT2D eigenvalue weighted by atomic mass is 35.5. The monoisotopic (exact) mass is 381 g/mol. The number of nitrogens with zero attached hydrogens (tertiary/aromatic N) is 3. The fraction of sp³-hybridized carbons (Fsp3) is 0.150. The van der Waals surface area contributed by atoms with E-state index < -0.39 is 0 Å². The molecule has 0 bridgehead atoms. The highest BCUT2D eigenvalue weighted by Crippen LogP contribution is 2.28. The van der Waals surface area contributed by atoms with Crippen LogP contribution < -0.4 is 0 Å². The van der Waals surface area contributed by atoms with Crippen molar-refractivity contribution in [3.05, 3.63) is 70.2 Å². The van der Waals surface area contributed by atoms with E-state index in [-0.39, 0.29) is 5.78 Å². The molecule has 130 valence electrons. The molecule has 26 heavy (non-hydrogen) atoms. The minimum Gasteiger partial charge on any atom is -0.293 e. The smallest absolute Gasteiger partial charge is 0.196 e. The van der Waals surface area contributed by atoms with Crippen LogP contribution in [0.15, 0.2) is 53.7 Å². The van der Waals surface area contributed by atoms with Gasteiger partial charge >= 0.3 is 0 Å². The molecule has 0 unspecified atom stereocenters. The van der Waals surface area contributed by atoms with Crippen LogP contribution in [0.3, 0.4) is 0 Å².